The number of hydrogen-bond donors (Lipinski definition) is 2. The van der Waals surface area contributed by atoms with Crippen LogP contribution in [0.4, 0.5) is 0 Å². The summed E-state index contributed by atoms with van der Waals surface area (Å²) in [6, 6.07) is 5.81. The third-order valence-electron chi connectivity index (χ3n) is 2.31. The van der Waals surface area contributed by atoms with Crippen molar-refractivity contribution < 1.29 is 4.74 Å². The van der Waals surface area contributed by atoms with Crippen LogP contribution in [0.15, 0.2) is 23.1 Å². The Morgan fingerprint density at radius 2 is 2.18 bits per heavy atom. The number of rotatable bonds is 7. The smallest absolute Gasteiger partial charge is 0.131 e. The first-order valence-corrected chi connectivity index (χ1v) is 6.92. The van der Waals surface area contributed by atoms with E-state index >= 15 is 0 Å². The summed E-state index contributed by atoms with van der Waals surface area (Å²) >= 11 is 1.68. The number of nitrogens with one attached hydrogen (secondary N) is 1. The van der Waals surface area contributed by atoms with Crippen molar-refractivity contribution in [2.45, 2.75) is 31.6 Å². The predicted octanol–water partition coefficient (Wildman–Crippen LogP) is 3.26. The van der Waals surface area contributed by atoms with Gasteiger partial charge in [-0.2, -0.15) is 0 Å². The Hall–Kier alpha value is -1.16. The summed E-state index contributed by atoms with van der Waals surface area (Å²) in [5.41, 5.74) is 6.37. The highest BCUT2D eigenvalue weighted by Gasteiger charge is 2.12. The molecule has 0 heterocycles. The molecular formula is C13H20N2OS. The largest absolute Gasteiger partial charge is 0.493 e. The molecule has 3 N–H and O–H groups in total. The molecule has 0 amide bonds. The van der Waals surface area contributed by atoms with E-state index in [0.29, 0.717) is 6.61 Å². The molecule has 0 saturated heterocycles. The average Bonchev–Trinajstić information content (AvgIpc) is 2.29. The number of nitrogens with two attached hydrogens (primary N) is 1. The van der Waals surface area contributed by atoms with Crippen molar-refractivity contribution in [1.82, 2.24) is 0 Å². The van der Waals surface area contributed by atoms with Crippen molar-refractivity contribution in [2.75, 3.05) is 12.4 Å². The van der Waals surface area contributed by atoms with E-state index in [1.54, 1.807) is 11.8 Å². The zero-order valence-corrected chi connectivity index (χ0v) is 11.3. The highest BCUT2D eigenvalue weighted by molar-refractivity contribution is 7.99. The Balaban J connectivity index is 2.94. The van der Waals surface area contributed by atoms with Crippen molar-refractivity contribution in [3.05, 3.63) is 23.8 Å². The molecule has 0 saturated carbocycles. The second kappa shape index (κ2) is 7.22. The van der Waals surface area contributed by atoms with Gasteiger partial charge < -0.3 is 10.5 Å². The van der Waals surface area contributed by atoms with Gasteiger partial charge in [-0.1, -0.05) is 26.3 Å². The SMILES string of the molecule is CCCCOc1cccc(SCC)c1C(=N)N. The van der Waals surface area contributed by atoms with Crippen LogP contribution in [0.25, 0.3) is 0 Å². The Morgan fingerprint density at radius 3 is 2.76 bits per heavy atom. The number of amidine groups is 1. The van der Waals surface area contributed by atoms with Crippen LogP contribution in [0.2, 0.25) is 0 Å². The molecule has 0 aliphatic heterocycles. The maximum Gasteiger partial charge on any atom is 0.131 e. The molecule has 0 radical (unpaired) electrons. The summed E-state index contributed by atoms with van der Waals surface area (Å²) in [5, 5.41) is 7.66. The summed E-state index contributed by atoms with van der Waals surface area (Å²) in [6.45, 7) is 4.88. The summed E-state index contributed by atoms with van der Waals surface area (Å²) < 4.78 is 5.69. The van der Waals surface area contributed by atoms with E-state index in [4.69, 9.17) is 15.9 Å². The quantitative estimate of drug-likeness (QED) is 0.339. The van der Waals surface area contributed by atoms with Crippen LogP contribution in [-0.4, -0.2) is 18.2 Å². The van der Waals surface area contributed by atoms with E-state index in [9.17, 15) is 0 Å². The van der Waals surface area contributed by atoms with E-state index in [1.807, 2.05) is 18.2 Å². The fourth-order valence-corrected chi connectivity index (χ4v) is 2.34. The highest BCUT2D eigenvalue weighted by Crippen LogP contribution is 2.29. The van der Waals surface area contributed by atoms with Gasteiger partial charge >= 0.3 is 0 Å². The summed E-state index contributed by atoms with van der Waals surface area (Å²) in [6.07, 6.45) is 2.11. The first-order valence-electron chi connectivity index (χ1n) is 5.93. The van der Waals surface area contributed by atoms with Gasteiger partial charge in [0, 0.05) is 4.90 Å². The average molecular weight is 252 g/mol. The third-order valence-corrected chi connectivity index (χ3v) is 3.25. The summed E-state index contributed by atoms with van der Waals surface area (Å²) in [4.78, 5) is 1.02. The Kier molecular flexibility index (Phi) is 5.91. The maximum absolute atomic E-state index is 7.66. The first kappa shape index (κ1) is 13.9. The molecule has 0 atom stereocenters. The minimum Gasteiger partial charge on any atom is -0.493 e. The Morgan fingerprint density at radius 1 is 1.41 bits per heavy atom. The molecule has 1 rings (SSSR count). The van der Waals surface area contributed by atoms with Gasteiger partial charge in [0.25, 0.3) is 0 Å². The molecule has 1 aromatic carbocycles. The van der Waals surface area contributed by atoms with Gasteiger partial charge in [0.15, 0.2) is 0 Å². The normalized spacial score (nSPS) is 10.2. The van der Waals surface area contributed by atoms with Crippen LogP contribution in [0, 0.1) is 5.41 Å². The molecule has 3 nitrogen and oxygen atoms in total. The Labute approximate surface area is 107 Å². The fourth-order valence-electron chi connectivity index (χ4n) is 1.50. The third kappa shape index (κ3) is 3.97. The zero-order chi connectivity index (χ0) is 12.7. The Bertz CT molecular complexity index is 380. The topological polar surface area (TPSA) is 59.1 Å². The van der Waals surface area contributed by atoms with Crippen molar-refractivity contribution in [1.29, 1.82) is 5.41 Å². The van der Waals surface area contributed by atoms with Gasteiger partial charge in [0.05, 0.1) is 12.2 Å². The van der Waals surface area contributed by atoms with Crippen LogP contribution < -0.4 is 10.5 Å². The second-order valence-corrected chi connectivity index (χ2v) is 4.98. The van der Waals surface area contributed by atoms with E-state index in [0.717, 1.165) is 34.8 Å². The number of nitrogen functional groups attached to an aromatic ring is 1. The molecule has 0 unspecified atom stereocenters. The van der Waals surface area contributed by atoms with Gasteiger partial charge in [0.2, 0.25) is 0 Å². The number of thioether (sulfide) groups is 1. The number of benzene rings is 1. The van der Waals surface area contributed by atoms with Crippen LogP contribution in [0.5, 0.6) is 5.75 Å². The molecular weight excluding hydrogens is 232 g/mol. The fraction of sp³-hybridized carbons (Fsp3) is 0.462. The molecule has 1 aromatic rings. The lowest BCUT2D eigenvalue weighted by molar-refractivity contribution is 0.308. The summed E-state index contributed by atoms with van der Waals surface area (Å²) in [5.74, 6) is 1.76. The highest BCUT2D eigenvalue weighted by atomic mass is 32.2. The lowest BCUT2D eigenvalue weighted by atomic mass is 10.2. The molecule has 0 bridgehead atoms. The van der Waals surface area contributed by atoms with E-state index in [-0.39, 0.29) is 5.84 Å². The van der Waals surface area contributed by atoms with Crippen LogP contribution >= 0.6 is 11.8 Å². The van der Waals surface area contributed by atoms with Gasteiger partial charge in [-0.25, -0.2) is 0 Å². The van der Waals surface area contributed by atoms with Crippen LogP contribution in [0.1, 0.15) is 32.3 Å². The standard InChI is InChI=1S/C13H20N2OS/c1-3-5-9-16-10-7-6-8-11(17-4-2)12(10)13(14)15/h6-8H,3-5,9H2,1-2H3,(H3,14,15). The summed E-state index contributed by atoms with van der Waals surface area (Å²) in [7, 11) is 0. The van der Waals surface area contributed by atoms with Gasteiger partial charge in [-0.05, 0) is 24.3 Å². The van der Waals surface area contributed by atoms with Crippen molar-refractivity contribution in [2.24, 2.45) is 5.73 Å². The van der Waals surface area contributed by atoms with Gasteiger partial charge in [-0.3, -0.25) is 5.41 Å². The molecule has 4 heteroatoms. The van der Waals surface area contributed by atoms with Crippen LogP contribution in [-0.2, 0) is 0 Å². The number of ether oxygens (including phenoxy) is 1. The number of unbranched alkanes of at least 4 members (excludes halogenated alkanes) is 1. The lowest BCUT2D eigenvalue weighted by Gasteiger charge is -2.13. The monoisotopic (exact) mass is 252 g/mol. The molecule has 0 aromatic heterocycles. The van der Waals surface area contributed by atoms with Crippen molar-refractivity contribution >= 4 is 17.6 Å². The van der Waals surface area contributed by atoms with E-state index < -0.39 is 0 Å². The number of hydrogen-bond acceptors (Lipinski definition) is 3. The second-order valence-electron chi connectivity index (χ2n) is 3.68. The maximum atomic E-state index is 7.66. The molecule has 94 valence electrons. The lowest BCUT2D eigenvalue weighted by Crippen LogP contribution is -2.15. The molecule has 0 fully saturated rings. The van der Waals surface area contributed by atoms with Crippen molar-refractivity contribution in [3.8, 4) is 5.75 Å². The first-order chi connectivity index (χ1) is 8.20. The van der Waals surface area contributed by atoms with Gasteiger partial charge in [-0.15, -0.1) is 11.8 Å². The minimum atomic E-state index is 0.0769. The zero-order valence-electron chi connectivity index (χ0n) is 10.5. The van der Waals surface area contributed by atoms with Gasteiger partial charge in [0.1, 0.15) is 11.6 Å². The molecule has 0 spiro atoms. The van der Waals surface area contributed by atoms with Crippen LogP contribution in [0.3, 0.4) is 0 Å². The minimum absolute atomic E-state index is 0.0769. The molecule has 0 aliphatic carbocycles. The van der Waals surface area contributed by atoms with E-state index in [2.05, 4.69) is 13.8 Å². The predicted molar refractivity (Wildman–Crippen MR) is 74.3 cm³/mol. The van der Waals surface area contributed by atoms with Crippen molar-refractivity contribution in [3.63, 3.8) is 0 Å². The molecule has 17 heavy (non-hydrogen) atoms. The van der Waals surface area contributed by atoms with E-state index in [1.165, 1.54) is 0 Å². The molecule has 0 aliphatic rings.